The Labute approximate surface area is 150 Å². The maximum absolute atomic E-state index is 14.2. The van der Waals surface area contributed by atoms with Crippen molar-refractivity contribution in [2.45, 2.75) is 12.6 Å². The number of benzene rings is 2. The normalized spacial score (nSPS) is 12.5. The Morgan fingerprint density at radius 2 is 1.92 bits per heavy atom. The number of rotatable bonds is 7. The maximum atomic E-state index is 14.2. The number of nitrogens with one attached hydrogen (secondary N) is 1. The Morgan fingerprint density at radius 1 is 1.23 bits per heavy atom. The summed E-state index contributed by atoms with van der Waals surface area (Å²) >= 11 is 0. The molecule has 2 aromatic carbocycles. The van der Waals surface area contributed by atoms with Crippen LogP contribution in [0.5, 0.6) is 5.75 Å². The molecule has 0 saturated carbocycles. The molecular weight excluding hydrogens is 339 g/mol. The first-order valence-corrected chi connectivity index (χ1v) is 7.76. The van der Waals surface area contributed by atoms with Crippen LogP contribution in [0.15, 0.2) is 47.6 Å². The Hall–Kier alpha value is -3.13. The van der Waals surface area contributed by atoms with Gasteiger partial charge in [0.15, 0.2) is 6.10 Å². The van der Waals surface area contributed by atoms with Crippen LogP contribution in [-0.4, -0.2) is 26.0 Å². The van der Waals surface area contributed by atoms with Gasteiger partial charge in [0.1, 0.15) is 17.4 Å². The third-order valence-corrected chi connectivity index (χ3v) is 3.82. The first kappa shape index (κ1) is 19.2. The third kappa shape index (κ3) is 4.48. The average Bonchev–Trinajstić information content (AvgIpc) is 2.67. The van der Waals surface area contributed by atoms with Crippen LogP contribution in [0.1, 0.15) is 22.8 Å². The van der Waals surface area contributed by atoms with Crippen molar-refractivity contribution in [1.29, 1.82) is 0 Å². The molecule has 0 aliphatic carbocycles. The Morgan fingerprint density at radius 3 is 2.46 bits per heavy atom. The summed E-state index contributed by atoms with van der Waals surface area (Å²) in [5.74, 6) is 4.68. The van der Waals surface area contributed by atoms with Crippen LogP contribution in [0, 0.1) is 5.82 Å². The number of amides is 1. The van der Waals surface area contributed by atoms with Gasteiger partial charge in [0, 0.05) is 30.8 Å². The van der Waals surface area contributed by atoms with E-state index in [1.165, 1.54) is 26.4 Å². The molecule has 0 fully saturated rings. The standard InChI is InChI=1S/C18H21FN4O3/c1-25-13-7-8-14(15(19)9-13)16(26-2)18(24)22-10-11-3-5-12(6-4-11)17(20)23-21/h3-9,16H,10,21H2,1-2H3,(H2,20,23)(H,22,24). The van der Waals surface area contributed by atoms with E-state index in [-0.39, 0.29) is 17.9 Å². The number of hydrogen-bond donors (Lipinski definition) is 3. The van der Waals surface area contributed by atoms with E-state index in [2.05, 4.69) is 10.4 Å². The number of carbonyl (C=O) groups is 1. The highest BCUT2D eigenvalue weighted by atomic mass is 19.1. The molecule has 2 aromatic rings. The summed E-state index contributed by atoms with van der Waals surface area (Å²) in [6.45, 7) is 0.246. The van der Waals surface area contributed by atoms with Gasteiger partial charge in [-0.25, -0.2) is 4.39 Å². The SMILES string of the molecule is COc1ccc(C(OC)C(=O)NCc2ccc(/C(N)=N/N)cc2)c(F)c1. The number of hydrogen-bond acceptors (Lipinski definition) is 5. The van der Waals surface area contributed by atoms with Crippen molar-refractivity contribution >= 4 is 11.7 Å². The lowest BCUT2D eigenvalue weighted by atomic mass is 10.1. The predicted octanol–water partition coefficient (Wildman–Crippen LogP) is 1.42. The molecule has 0 bridgehead atoms. The van der Waals surface area contributed by atoms with Gasteiger partial charge in [-0.05, 0) is 17.7 Å². The molecule has 0 aliphatic rings. The second kappa shape index (κ2) is 8.82. The molecule has 0 aliphatic heterocycles. The molecule has 138 valence electrons. The number of halogens is 1. The first-order chi connectivity index (χ1) is 12.5. The van der Waals surface area contributed by atoms with Crippen molar-refractivity contribution in [1.82, 2.24) is 5.32 Å². The van der Waals surface area contributed by atoms with Gasteiger partial charge < -0.3 is 26.4 Å². The molecule has 0 spiro atoms. The zero-order chi connectivity index (χ0) is 19.1. The summed E-state index contributed by atoms with van der Waals surface area (Å²) in [5.41, 5.74) is 7.26. The largest absolute Gasteiger partial charge is 0.497 e. The molecule has 0 heterocycles. The number of methoxy groups -OCH3 is 2. The van der Waals surface area contributed by atoms with Crippen molar-refractivity contribution in [2.24, 2.45) is 16.7 Å². The molecule has 1 amide bonds. The molecule has 0 saturated heterocycles. The quantitative estimate of drug-likeness (QED) is 0.299. The highest BCUT2D eigenvalue weighted by molar-refractivity contribution is 5.97. The summed E-state index contributed by atoms with van der Waals surface area (Å²) < 4.78 is 24.3. The van der Waals surface area contributed by atoms with Gasteiger partial charge in [-0.2, -0.15) is 5.10 Å². The van der Waals surface area contributed by atoms with Crippen LogP contribution in [-0.2, 0) is 16.1 Å². The van der Waals surface area contributed by atoms with E-state index in [0.29, 0.717) is 11.3 Å². The smallest absolute Gasteiger partial charge is 0.254 e. The van der Waals surface area contributed by atoms with E-state index in [1.807, 2.05) is 0 Å². The molecule has 5 N–H and O–H groups in total. The number of hydrazone groups is 1. The minimum atomic E-state index is -1.07. The summed E-state index contributed by atoms with van der Waals surface area (Å²) in [4.78, 5) is 12.4. The number of amidine groups is 1. The van der Waals surface area contributed by atoms with Gasteiger partial charge in [-0.15, -0.1) is 0 Å². The van der Waals surface area contributed by atoms with Gasteiger partial charge in [-0.3, -0.25) is 4.79 Å². The summed E-state index contributed by atoms with van der Waals surface area (Å²) in [5, 5.41) is 6.13. The van der Waals surface area contributed by atoms with Gasteiger partial charge in [0.2, 0.25) is 0 Å². The van der Waals surface area contributed by atoms with Crippen molar-refractivity contribution in [2.75, 3.05) is 14.2 Å². The molecular formula is C18H21FN4O3. The highest BCUT2D eigenvalue weighted by Crippen LogP contribution is 2.24. The molecule has 0 aromatic heterocycles. The topological polar surface area (TPSA) is 112 Å². The molecule has 7 nitrogen and oxygen atoms in total. The van der Waals surface area contributed by atoms with E-state index in [9.17, 15) is 9.18 Å². The lowest BCUT2D eigenvalue weighted by molar-refractivity contribution is -0.131. The van der Waals surface area contributed by atoms with Crippen LogP contribution in [0.2, 0.25) is 0 Å². The summed E-state index contributed by atoms with van der Waals surface area (Å²) in [6.07, 6.45) is -1.07. The van der Waals surface area contributed by atoms with E-state index in [4.69, 9.17) is 21.1 Å². The van der Waals surface area contributed by atoms with Crippen LogP contribution < -0.4 is 21.6 Å². The fourth-order valence-corrected chi connectivity index (χ4v) is 2.37. The summed E-state index contributed by atoms with van der Waals surface area (Å²) in [7, 11) is 2.78. The van der Waals surface area contributed by atoms with Gasteiger partial charge in [-0.1, -0.05) is 24.3 Å². The van der Waals surface area contributed by atoms with E-state index < -0.39 is 17.8 Å². The van der Waals surface area contributed by atoms with Crippen molar-refractivity contribution in [3.8, 4) is 5.75 Å². The van der Waals surface area contributed by atoms with Crippen molar-refractivity contribution in [3.63, 3.8) is 0 Å². The fraction of sp³-hybridized carbons (Fsp3) is 0.222. The Bertz CT molecular complexity index is 794. The van der Waals surface area contributed by atoms with Crippen LogP contribution in [0.3, 0.4) is 0 Å². The third-order valence-electron chi connectivity index (χ3n) is 3.82. The second-order valence-corrected chi connectivity index (χ2v) is 5.43. The summed E-state index contributed by atoms with van der Waals surface area (Å²) in [6, 6.07) is 11.3. The zero-order valence-corrected chi connectivity index (χ0v) is 14.5. The molecule has 26 heavy (non-hydrogen) atoms. The van der Waals surface area contributed by atoms with Crippen LogP contribution >= 0.6 is 0 Å². The van der Waals surface area contributed by atoms with E-state index in [1.54, 1.807) is 30.3 Å². The fourth-order valence-electron chi connectivity index (χ4n) is 2.37. The number of nitrogens with two attached hydrogens (primary N) is 2. The monoisotopic (exact) mass is 360 g/mol. The molecule has 8 heteroatoms. The maximum Gasteiger partial charge on any atom is 0.254 e. The zero-order valence-electron chi connectivity index (χ0n) is 14.5. The van der Waals surface area contributed by atoms with Crippen molar-refractivity contribution in [3.05, 3.63) is 65.0 Å². The average molecular weight is 360 g/mol. The minimum absolute atomic E-state index is 0.132. The lowest BCUT2D eigenvalue weighted by Crippen LogP contribution is -2.30. The predicted molar refractivity (Wildman–Crippen MR) is 95.9 cm³/mol. The minimum Gasteiger partial charge on any atom is -0.497 e. The Kier molecular flexibility index (Phi) is 6.51. The van der Waals surface area contributed by atoms with Crippen LogP contribution in [0.25, 0.3) is 0 Å². The number of ether oxygens (including phenoxy) is 2. The van der Waals surface area contributed by atoms with Crippen LogP contribution in [0.4, 0.5) is 4.39 Å². The molecule has 2 rings (SSSR count). The lowest BCUT2D eigenvalue weighted by Gasteiger charge is -2.17. The van der Waals surface area contributed by atoms with Gasteiger partial charge in [0.25, 0.3) is 5.91 Å². The van der Waals surface area contributed by atoms with Gasteiger partial charge in [0.05, 0.1) is 7.11 Å². The number of carbonyl (C=O) groups excluding carboxylic acids is 1. The molecule has 0 radical (unpaired) electrons. The molecule has 1 unspecified atom stereocenters. The van der Waals surface area contributed by atoms with Gasteiger partial charge >= 0.3 is 0 Å². The Balaban J connectivity index is 2.05. The highest BCUT2D eigenvalue weighted by Gasteiger charge is 2.23. The second-order valence-electron chi connectivity index (χ2n) is 5.43. The van der Waals surface area contributed by atoms with E-state index in [0.717, 1.165) is 5.56 Å². The van der Waals surface area contributed by atoms with Crippen molar-refractivity contribution < 1.29 is 18.7 Å². The van der Waals surface area contributed by atoms with E-state index >= 15 is 0 Å². The number of nitrogens with zero attached hydrogens (tertiary/aromatic N) is 1. The molecule has 1 atom stereocenters. The first-order valence-electron chi connectivity index (χ1n) is 7.76.